The van der Waals surface area contributed by atoms with E-state index >= 15 is 0 Å². The van der Waals surface area contributed by atoms with E-state index in [2.05, 4.69) is 14.9 Å². The summed E-state index contributed by atoms with van der Waals surface area (Å²) < 4.78 is 13.3. The summed E-state index contributed by atoms with van der Waals surface area (Å²) in [6, 6.07) is 5.17. The highest BCUT2D eigenvalue weighted by molar-refractivity contribution is 5.77. The number of hydrogen-bond acceptors (Lipinski definition) is 4. The Hall–Kier alpha value is -1.99. The van der Waals surface area contributed by atoms with Gasteiger partial charge in [-0.25, -0.2) is 9.37 Å². The standard InChI is InChI=1S/C20H28FN5O/c1-25(12-19-23-17-7-4-14(21)8-18(17)24-19)20(27)9-15-5-6-16(10-22)26(15)11-13-2-3-13/h4,7-8,13,15-16H,2-3,5-6,9-12,22H2,1H3,(H,23,24)/t15-,16+/m0/s1. The molecule has 0 radical (unpaired) electrons. The number of carbonyl (C=O) groups is 1. The number of nitrogens with two attached hydrogens (primary N) is 1. The lowest BCUT2D eigenvalue weighted by atomic mass is 10.1. The molecule has 1 aliphatic carbocycles. The fraction of sp³-hybridized carbons (Fsp3) is 0.600. The van der Waals surface area contributed by atoms with Crippen LogP contribution in [-0.2, 0) is 11.3 Å². The minimum atomic E-state index is -0.298. The van der Waals surface area contributed by atoms with Crippen LogP contribution in [0.25, 0.3) is 11.0 Å². The largest absolute Gasteiger partial charge is 0.340 e. The van der Waals surface area contributed by atoms with Crippen molar-refractivity contribution in [3.05, 3.63) is 29.8 Å². The summed E-state index contributed by atoms with van der Waals surface area (Å²) in [7, 11) is 1.80. The van der Waals surface area contributed by atoms with Crippen molar-refractivity contribution in [2.75, 3.05) is 20.1 Å². The van der Waals surface area contributed by atoms with E-state index in [1.54, 1.807) is 18.0 Å². The molecule has 2 heterocycles. The molecule has 0 unspecified atom stereocenters. The van der Waals surface area contributed by atoms with Crippen molar-refractivity contribution in [2.24, 2.45) is 11.7 Å². The van der Waals surface area contributed by atoms with Crippen LogP contribution in [0, 0.1) is 11.7 Å². The number of halogens is 1. The van der Waals surface area contributed by atoms with E-state index < -0.39 is 0 Å². The maximum absolute atomic E-state index is 13.3. The van der Waals surface area contributed by atoms with E-state index in [-0.39, 0.29) is 11.7 Å². The van der Waals surface area contributed by atoms with Crippen LogP contribution >= 0.6 is 0 Å². The Bertz CT molecular complexity index is 818. The van der Waals surface area contributed by atoms with Gasteiger partial charge in [0.05, 0.1) is 17.6 Å². The Labute approximate surface area is 158 Å². The average Bonchev–Trinajstić information content (AvgIpc) is 3.25. The molecule has 2 aromatic rings. The molecule has 1 saturated heterocycles. The van der Waals surface area contributed by atoms with E-state index in [4.69, 9.17) is 5.73 Å². The smallest absolute Gasteiger partial charge is 0.224 e. The van der Waals surface area contributed by atoms with Crippen LogP contribution in [0.4, 0.5) is 4.39 Å². The number of aromatic amines is 1. The second-order valence-electron chi connectivity index (χ2n) is 8.06. The molecule has 146 valence electrons. The summed E-state index contributed by atoms with van der Waals surface area (Å²) >= 11 is 0. The molecular formula is C20H28FN5O. The van der Waals surface area contributed by atoms with Gasteiger partial charge in [-0.15, -0.1) is 0 Å². The summed E-state index contributed by atoms with van der Waals surface area (Å²) in [5.41, 5.74) is 7.31. The highest BCUT2D eigenvalue weighted by atomic mass is 19.1. The molecule has 1 amide bonds. The number of fused-ring (bicyclic) bond motifs is 1. The molecule has 2 aliphatic rings. The Morgan fingerprint density at radius 1 is 1.33 bits per heavy atom. The Kier molecular flexibility index (Phi) is 5.14. The second-order valence-corrected chi connectivity index (χ2v) is 8.06. The van der Waals surface area contributed by atoms with E-state index in [1.807, 2.05) is 0 Å². The summed E-state index contributed by atoms with van der Waals surface area (Å²) in [6.07, 6.45) is 5.26. The van der Waals surface area contributed by atoms with Gasteiger partial charge >= 0.3 is 0 Å². The zero-order valence-electron chi connectivity index (χ0n) is 15.8. The molecule has 27 heavy (non-hydrogen) atoms. The van der Waals surface area contributed by atoms with E-state index in [0.29, 0.717) is 48.5 Å². The van der Waals surface area contributed by atoms with E-state index in [0.717, 1.165) is 25.3 Å². The predicted molar refractivity (Wildman–Crippen MR) is 102 cm³/mol. The Balaban J connectivity index is 1.37. The maximum Gasteiger partial charge on any atom is 0.224 e. The molecule has 2 fully saturated rings. The van der Waals surface area contributed by atoms with Gasteiger partial charge in [-0.3, -0.25) is 9.69 Å². The van der Waals surface area contributed by atoms with Crippen molar-refractivity contribution in [3.63, 3.8) is 0 Å². The molecule has 0 bridgehead atoms. The van der Waals surface area contributed by atoms with Crippen LogP contribution in [0.1, 0.15) is 37.9 Å². The van der Waals surface area contributed by atoms with Gasteiger partial charge in [-0.2, -0.15) is 0 Å². The summed E-state index contributed by atoms with van der Waals surface area (Å²) in [5.74, 6) is 1.29. The Morgan fingerprint density at radius 3 is 2.85 bits per heavy atom. The van der Waals surface area contributed by atoms with Crippen molar-refractivity contribution < 1.29 is 9.18 Å². The van der Waals surface area contributed by atoms with Gasteiger partial charge in [0.2, 0.25) is 5.91 Å². The molecule has 1 aromatic carbocycles. The SMILES string of the molecule is CN(Cc1nc2ccc(F)cc2[nH]1)C(=O)C[C@@H]1CC[C@H](CN)N1CC1CC1. The molecule has 6 nitrogen and oxygen atoms in total. The minimum Gasteiger partial charge on any atom is -0.340 e. The number of H-pyrrole nitrogens is 1. The summed E-state index contributed by atoms with van der Waals surface area (Å²) in [5, 5.41) is 0. The van der Waals surface area contributed by atoms with Gasteiger partial charge < -0.3 is 15.6 Å². The van der Waals surface area contributed by atoms with Crippen LogP contribution < -0.4 is 5.73 Å². The van der Waals surface area contributed by atoms with Gasteiger partial charge in [-0.1, -0.05) is 0 Å². The molecule has 1 aliphatic heterocycles. The minimum absolute atomic E-state index is 0.116. The third-order valence-electron chi connectivity index (χ3n) is 5.93. The van der Waals surface area contributed by atoms with E-state index in [9.17, 15) is 9.18 Å². The number of rotatable bonds is 7. The number of likely N-dealkylation sites (tertiary alicyclic amines) is 1. The number of aromatic nitrogens is 2. The van der Waals surface area contributed by atoms with Crippen molar-refractivity contribution >= 4 is 16.9 Å². The lowest BCUT2D eigenvalue weighted by Gasteiger charge is -2.30. The van der Waals surface area contributed by atoms with Crippen molar-refractivity contribution in [3.8, 4) is 0 Å². The van der Waals surface area contributed by atoms with Crippen LogP contribution in [0.15, 0.2) is 18.2 Å². The predicted octanol–water partition coefficient (Wildman–Crippen LogP) is 2.25. The fourth-order valence-electron chi connectivity index (χ4n) is 4.16. The molecule has 7 heteroatoms. The molecule has 4 rings (SSSR count). The molecule has 3 N–H and O–H groups in total. The first kappa shape index (κ1) is 18.4. The number of amides is 1. The zero-order valence-corrected chi connectivity index (χ0v) is 15.8. The average molecular weight is 373 g/mol. The number of carbonyl (C=O) groups excluding carboxylic acids is 1. The molecule has 0 spiro atoms. The van der Waals surface area contributed by atoms with Gasteiger partial charge in [-0.05, 0) is 49.8 Å². The topological polar surface area (TPSA) is 78.2 Å². The fourth-order valence-corrected chi connectivity index (χ4v) is 4.16. The monoisotopic (exact) mass is 373 g/mol. The van der Waals surface area contributed by atoms with Crippen molar-refractivity contribution in [1.29, 1.82) is 0 Å². The highest BCUT2D eigenvalue weighted by Crippen LogP contribution is 2.35. The molecule has 1 aromatic heterocycles. The number of benzene rings is 1. The number of nitrogens with one attached hydrogen (secondary N) is 1. The first-order chi connectivity index (χ1) is 13.0. The van der Waals surface area contributed by atoms with Gasteiger partial charge in [0, 0.05) is 38.6 Å². The Morgan fingerprint density at radius 2 is 2.11 bits per heavy atom. The molecular weight excluding hydrogens is 345 g/mol. The van der Waals surface area contributed by atoms with Crippen molar-refractivity contribution in [2.45, 2.75) is 50.7 Å². The third kappa shape index (κ3) is 4.14. The number of hydrogen-bond donors (Lipinski definition) is 2. The summed E-state index contributed by atoms with van der Waals surface area (Å²) in [4.78, 5) is 24.5. The lowest BCUT2D eigenvalue weighted by Crippen LogP contribution is -2.43. The zero-order chi connectivity index (χ0) is 19.0. The molecule has 1 saturated carbocycles. The van der Waals surface area contributed by atoms with Crippen LogP contribution in [0.3, 0.4) is 0 Å². The second kappa shape index (κ2) is 7.56. The maximum atomic E-state index is 13.3. The summed E-state index contributed by atoms with van der Waals surface area (Å²) in [6.45, 7) is 2.15. The lowest BCUT2D eigenvalue weighted by molar-refractivity contribution is -0.131. The third-order valence-corrected chi connectivity index (χ3v) is 5.93. The normalized spacial score (nSPS) is 23.2. The van der Waals surface area contributed by atoms with Crippen LogP contribution in [0.5, 0.6) is 0 Å². The molecule has 2 atom stereocenters. The number of imidazole rings is 1. The first-order valence-electron chi connectivity index (χ1n) is 9.87. The quantitative estimate of drug-likeness (QED) is 0.780. The van der Waals surface area contributed by atoms with Crippen molar-refractivity contribution in [1.82, 2.24) is 19.8 Å². The number of nitrogens with zero attached hydrogens (tertiary/aromatic N) is 3. The van der Waals surface area contributed by atoms with Gasteiger partial charge in [0.25, 0.3) is 0 Å². The van der Waals surface area contributed by atoms with Crippen LogP contribution in [0.2, 0.25) is 0 Å². The van der Waals surface area contributed by atoms with Gasteiger partial charge in [0.1, 0.15) is 11.6 Å². The van der Waals surface area contributed by atoms with Crippen LogP contribution in [-0.4, -0.2) is 57.9 Å². The first-order valence-corrected chi connectivity index (χ1v) is 9.87. The van der Waals surface area contributed by atoms with E-state index in [1.165, 1.54) is 25.0 Å². The highest BCUT2D eigenvalue weighted by Gasteiger charge is 2.37. The van der Waals surface area contributed by atoms with Gasteiger partial charge in [0.15, 0.2) is 0 Å².